The highest BCUT2D eigenvalue weighted by Crippen LogP contribution is 2.19. The molecule has 0 saturated carbocycles. The van der Waals surface area contributed by atoms with Gasteiger partial charge in [0.1, 0.15) is 0 Å². The van der Waals surface area contributed by atoms with Crippen LogP contribution in [0.25, 0.3) is 0 Å². The van der Waals surface area contributed by atoms with Crippen molar-refractivity contribution in [1.29, 1.82) is 0 Å². The Labute approximate surface area is 275 Å². The Kier molecular flexibility index (Phi) is 39.6. The van der Waals surface area contributed by atoms with Crippen LogP contribution in [0.15, 0.2) is 0 Å². The minimum Gasteiger partial charge on any atom is -1.00 e. The van der Waals surface area contributed by atoms with Gasteiger partial charge < -0.3 is 16.9 Å². The van der Waals surface area contributed by atoms with Crippen LogP contribution in [0.5, 0.6) is 0 Å². The highest BCUT2D eigenvalue weighted by Gasteiger charge is 2.24. The van der Waals surface area contributed by atoms with Gasteiger partial charge in [0.15, 0.2) is 0 Å². The van der Waals surface area contributed by atoms with Crippen molar-refractivity contribution in [3.05, 3.63) is 0 Å². The van der Waals surface area contributed by atoms with E-state index in [1.54, 1.807) is 0 Å². The van der Waals surface area contributed by atoms with Crippen LogP contribution in [0.1, 0.15) is 233 Å². The van der Waals surface area contributed by atoms with E-state index in [1.165, 1.54) is 236 Å². The van der Waals surface area contributed by atoms with E-state index in [-0.39, 0.29) is 12.4 Å². The van der Waals surface area contributed by atoms with Crippen LogP contribution in [0, 0.1) is 0 Å². The quantitative estimate of drug-likeness (QED) is 0.0487. The number of quaternary nitrogens is 1. The molecule has 0 atom stereocenters. The van der Waals surface area contributed by atoms with Gasteiger partial charge in [-0.3, -0.25) is 0 Å². The van der Waals surface area contributed by atoms with Gasteiger partial charge in [-0.1, -0.05) is 195 Å². The first kappa shape index (κ1) is 44.4. The van der Waals surface area contributed by atoms with Crippen molar-refractivity contribution >= 4 is 0 Å². The molecule has 0 aromatic carbocycles. The summed E-state index contributed by atoms with van der Waals surface area (Å²) < 4.78 is 1.43. The molecular formula is C40H84ClN. The van der Waals surface area contributed by atoms with Crippen LogP contribution in [0.4, 0.5) is 0 Å². The van der Waals surface area contributed by atoms with Gasteiger partial charge in [-0.25, -0.2) is 0 Å². The van der Waals surface area contributed by atoms with Gasteiger partial charge >= 0.3 is 0 Å². The molecule has 0 aromatic heterocycles. The van der Waals surface area contributed by atoms with Crippen molar-refractivity contribution in [2.45, 2.75) is 233 Å². The lowest BCUT2D eigenvalue weighted by Crippen LogP contribution is -3.00. The average molecular weight is 615 g/mol. The maximum absolute atomic E-state index is 2.42. The molecule has 0 aliphatic rings. The molecule has 0 rings (SSSR count). The molecule has 0 unspecified atom stereocenters. The summed E-state index contributed by atoms with van der Waals surface area (Å²) in [5, 5.41) is 0. The largest absolute Gasteiger partial charge is 1.00 e. The number of unbranched alkanes of at least 4 members (excludes halogenated alkanes) is 28. The predicted octanol–water partition coefficient (Wildman–Crippen LogP) is 11.4. The zero-order valence-corrected chi connectivity index (χ0v) is 31.0. The van der Waals surface area contributed by atoms with Gasteiger partial charge in [0.25, 0.3) is 0 Å². The van der Waals surface area contributed by atoms with Crippen molar-refractivity contribution in [3.8, 4) is 0 Å². The Morgan fingerprint density at radius 1 is 0.214 bits per heavy atom. The summed E-state index contributed by atoms with van der Waals surface area (Å²) in [6.45, 7) is 15.2. The molecule has 0 bridgehead atoms. The van der Waals surface area contributed by atoms with Crippen LogP contribution in [-0.4, -0.2) is 30.7 Å². The molecule has 0 aliphatic carbocycles. The van der Waals surface area contributed by atoms with Crippen molar-refractivity contribution < 1.29 is 16.9 Å². The normalized spacial score (nSPS) is 11.7. The molecule has 42 heavy (non-hydrogen) atoms. The predicted molar refractivity (Wildman–Crippen MR) is 190 cm³/mol. The second-order valence-corrected chi connectivity index (χ2v) is 14.1. The summed E-state index contributed by atoms with van der Waals surface area (Å²) in [7, 11) is 0. The van der Waals surface area contributed by atoms with Gasteiger partial charge in [-0.2, -0.15) is 0 Å². The Hall–Kier alpha value is 0.250. The van der Waals surface area contributed by atoms with Crippen molar-refractivity contribution in [2.75, 3.05) is 26.2 Å². The molecular weight excluding hydrogens is 530 g/mol. The zero-order valence-electron chi connectivity index (χ0n) is 30.3. The maximum atomic E-state index is 2.42. The number of rotatable bonds is 36. The molecule has 0 heterocycles. The Balaban J connectivity index is 0. The van der Waals surface area contributed by atoms with E-state index >= 15 is 0 Å². The number of hydrogen-bond acceptors (Lipinski definition) is 0. The van der Waals surface area contributed by atoms with Crippen LogP contribution in [-0.2, 0) is 0 Å². The maximum Gasteiger partial charge on any atom is 0.0786 e. The fraction of sp³-hybridized carbons (Fsp3) is 1.00. The topological polar surface area (TPSA) is 0 Å². The summed E-state index contributed by atoms with van der Waals surface area (Å²) in [6, 6.07) is 0. The van der Waals surface area contributed by atoms with E-state index in [0.29, 0.717) is 0 Å². The van der Waals surface area contributed by atoms with Gasteiger partial charge in [0.2, 0.25) is 0 Å². The van der Waals surface area contributed by atoms with Gasteiger partial charge in [0, 0.05) is 0 Å². The van der Waals surface area contributed by atoms with Crippen molar-refractivity contribution in [3.63, 3.8) is 0 Å². The average Bonchev–Trinajstić information content (AvgIpc) is 2.97. The summed E-state index contributed by atoms with van der Waals surface area (Å²) in [5.41, 5.74) is 0. The van der Waals surface area contributed by atoms with E-state index in [4.69, 9.17) is 0 Å². The molecule has 0 N–H and O–H groups in total. The summed E-state index contributed by atoms with van der Waals surface area (Å²) in [5.74, 6) is 0. The second-order valence-electron chi connectivity index (χ2n) is 14.1. The number of halogens is 1. The molecule has 0 aromatic rings. The fourth-order valence-electron chi connectivity index (χ4n) is 7.26. The van der Waals surface area contributed by atoms with Crippen LogP contribution >= 0.6 is 0 Å². The third-order valence-corrected chi connectivity index (χ3v) is 9.87. The molecule has 0 radical (unpaired) electrons. The molecule has 2 heteroatoms. The Bertz CT molecular complexity index is 423. The summed E-state index contributed by atoms with van der Waals surface area (Å²) >= 11 is 0. The zero-order chi connectivity index (χ0) is 30.0. The monoisotopic (exact) mass is 614 g/mol. The van der Waals surface area contributed by atoms with Gasteiger partial charge in [0.05, 0.1) is 26.2 Å². The van der Waals surface area contributed by atoms with Gasteiger partial charge in [-0.15, -0.1) is 0 Å². The molecule has 1 nitrogen and oxygen atoms in total. The molecule has 0 saturated heterocycles. The smallest absolute Gasteiger partial charge is 0.0786 e. The highest BCUT2D eigenvalue weighted by molar-refractivity contribution is 4.54. The summed E-state index contributed by atoms with van der Waals surface area (Å²) in [6.07, 6.45) is 46.8. The van der Waals surface area contributed by atoms with Crippen LogP contribution in [0.2, 0.25) is 0 Å². The minimum absolute atomic E-state index is 0. The van der Waals surface area contributed by atoms with Crippen molar-refractivity contribution in [2.24, 2.45) is 0 Å². The molecule has 0 fully saturated rings. The third kappa shape index (κ3) is 31.7. The van der Waals surface area contributed by atoms with E-state index in [2.05, 4.69) is 27.7 Å². The fourth-order valence-corrected chi connectivity index (χ4v) is 7.26. The lowest BCUT2D eigenvalue weighted by molar-refractivity contribution is -0.928. The number of hydrogen-bond donors (Lipinski definition) is 0. The molecule has 0 amide bonds. The Morgan fingerprint density at radius 2 is 0.405 bits per heavy atom. The number of nitrogens with zero attached hydrogens (tertiary/aromatic N) is 1. The Morgan fingerprint density at radius 3 is 0.595 bits per heavy atom. The van der Waals surface area contributed by atoms with E-state index in [0.717, 1.165) is 0 Å². The third-order valence-electron chi connectivity index (χ3n) is 9.87. The van der Waals surface area contributed by atoms with E-state index in [9.17, 15) is 0 Å². The highest BCUT2D eigenvalue weighted by atomic mass is 35.5. The standard InChI is InChI=1S/C40H84N.ClH/c1-5-9-11-13-15-17-19-21-23-25-27-29-31-33-35-39-41(37-7-3,38-8-4)40-36-34-32-30-28-26-24-22-20-18-16-14-12-10-6-2;/h5-40H2,1-4H3;1H/q+1;/p-1. The minimum atomic E-state index is 0. The second kappa shape index (κ2) is 37.4. The molecule has 256 valence electrons. The van der Waals surface area contributed by atoms with Crippen LogP contribution in [0.3, 0.4) is 0 Å². The SMILES string of the molecule is CCCCCCCCCCCCCCCCC[N+](CCC)(CCC)CCCCCCCCCCCCCCCCC.[Cl-]. The first-order valence-electron chi connectivity index (χ1n) is 20.1. The van der Waals surface area contributed by atoms with E-state index in [1.807, 2.05) is 0 Å². The van der Waals surface area contributed by atoms with Gasteiger partial charge in [-0.05, 0) is 38.5 Å². The van der Waals surface area contributed by atoms with E-state index < -0.39 is 0 Å². The molecule has 0 aliphatic heterocycles. The lowest BCUT2D eigenvalue weighted by Gasteiger charge is -2.39. The van der Waals surface area contributed by atoms with Crippen molar-refractivity contribution in [1.82, 2.24) is 0 Å². The molecule has 0 spiro atoms. The first-order chi connectivity index (χ1) is 20.2. The first-order valence-corrected chi connectivity index (χ1v) is 20.1. The van der Waals surface area contributed by atoms with Crippen LogP contribution < -0.4 is 12.4 Å². The lowest BCUT2D eigenvalue weighted by atomic mass is 10.0. The summed E-state index contributed by atoms with van der Waals surface area (Å²) in [4.78, 5) is 0.